The molecule has 0 saturated heterocycles. The van der Waals surface area contributed by atoms with E-state index >= 15 is 0 Å². The minimum Gasteiger partial charge on any atom is -0.366 e. The van der Waals surface area contributed by atoms with E-state index in [0.717, 1.165) is 6.54 Å². The lowest BCUT2D eigenvalue weighted by atomic mass is 9.66. The van der Waals surface area contributed by atoms with Gasteiger partial charge in [0.1, 0.15) is 13.1 Å². The molecule has 4 aliphatic rings. The molecule has 4 nitrogen and oxygen atoms in total. The van der Waals surface area contributed by atoms with E-state index in [-0.39, 0.29) is 11.0 Å². The smallest absolute Gasteiger partial charge is 0.206 e. The average Bonchev–Trinajstić information content (AvgIpc) is 2.81. The van der Waals surface area contributed by atoms with Crippen molar-refractivity contribution in [2.24, 2.45) is 0 Å². The van der Waals surface area contributed by atoms with E-state index in [4.69, 9.17) is 0 Å². The Morgan fingerprint density at radius 1 is 1.06 bits per heavy atom. The van der Waals surface area contributed by atoms with E-state index in [9.17, 15) is 0 Å². The second kappa shape index (κ2) is 8.08. The van der Waals surface area contributed by atoms with E-state index < -0.39 is 0 Å². The average molecular weight is 486 g/mol. The lowest BCUT2D eigenvalue weighted by molar-refractivity contribution is 0.350. The zero-order valence-electron chi connectivity index (χ0n) is 23.8. The van der Waals surface area contributed by atoms with Gasteiger partial charge in [0.05, 0.1) is 5.70 Å². The van der Waals surface area contributed by atoms with Crippen molar-refractivity contribution in [3.8, 4) is 0 Å². The quantitative estimate of drug-likeness (QED) is 0.524. The number of aryl methyl sites for hydroxylation is 1. The number of nitrogens with zero attached hydrogens (tertiary/aromatic N) is 3. The summed E-state index contributed by atoms with van der Waals surface area (Å²) in [5.74, 6) is 0.548. The normalized spacial score (nSPS) is 23.1. The molecule has 0 bridgehead atoms. The van der Waals surface area contributed by atoms with Gasteiger partial charge >= 0.3 is 0 Å². The summed E-state index contributed by atoms with van der Waals surface area (Å²) in [5.41, 5.74) is 15.8. The molecule has 0 fully saturated rings. The Morgan fingerprint density at radius 2 is 1.78 bits per heavy atom. The number of hydrogen-bond acceptors (Lipinski definition) is 3. The van der Waals surface area contributed by atoms with Crippen LogP contribution in [-0.4, -0.2) is 44.3 Å². The maximum absolute atomic E-state index is 3.81. The fourth-order valence-corrected chi connectivity index (χ4v) is 8.25. The van der Waals surface area contributed by atoms with Crippen LogP contribution in [0.4, 0.5) is 5.69 Å². The molecule has 0 radical (unpaired) electrons. The highest BCUT2D eigenvalue weighted by atomic mass is 15.5. The first-order chi connectivity index (χ1) is 17.0. The van der Waals surface area contributed by atoms with E-state index in [1.54, 1.807) is 22.0 Å². The monoisotopic (exact) mass is 485 g/mol. The molecule has 2 aromatic carbocycles. The number of benzene rings is 2. The van der Waals surface area contributed by atoms with E-state index in [0.29, 0.717) is 5.92 Å². The fourth-order valence-electron chi connectivity index (χ4n) is 8.25. The number of hydrazine groups is 1. The number of anilines is 1. The van der Waals surface area contributed by atoms with Gasteiger partial charge in [-0.3, -0.25) is 0 Å². The van der Waals surface area contributed by atoms with Gasteiger partial charge in [0, 0.05) is 72.0 Å². The van der Waals surface area contributed by atoms with Crippen LogP contribution in [-0.2, 0) is 18.3 Å². The van der Waals surface area contributed by atoms with Crippen LogP contribution in [0.15, 0.2) is 18.2 Å². The summed E-state index contributed by atoms with van der Waals surface area (Å²) in [5, 5.41) is 5.15. The molecule has 2 aromatic rings. The summed E-state index contributed by atoms with van der Waals surface area (Å²) in [7, 11) is 4.25. The van der Waals surface area contributed by atoms with Crippen LogP contribution in [0.25, 0.3) is 5.70 Å². The van der Waals surface area contributed by atoms with Gasteiger partial charge in [-0.05, 0) is 80.8 Å². The summed E-state index contributed by atoms with van der Waals surface area (Å²) in [6.45, 7) is 18.0. The Morgan fingerprint density at radius 3 is 2.47 bits per heavy atom. The Hall–Kier alpha value is -2.33. The van der Waals surface area contributed by atoms with Crippen LogP contribution in [0.5, 0.6) is 0 Å². The summed E-state index contributed by atoms with van der Waals surface area (Å²) >= 11 is 0. The molecular formula is C32H45N4+. The topological polar surface area (TPSA) is 21.5 Å². The molecule has 0 aromatic heterocycles. The third-order valence-corrected chi connectivity index (χ3v) is 9.54. The minimum absolute atomic E-state index is 0.0494. The highest BCUT2D eigenvalue weighted by Crippen LogP contribution is 2.48. The molecule has 36 heavy (non-hydrogen) atoms. The molecule has 0 amide bonds. The molecule has 1 atom stereocenters. The van der Waals surface area contributed by atoms with E-state index in [1.165, 1.54) is 78.5 Å². The minimum atomic E-state index is -0.0494. The van der Waals surface area contributed by atoms with Crippen molar-refractivity contribution in [2.45, 2.75) is 90.5 Å². The van der Waals surface area contributed by atoms with Gasteiger partial charge in [0.25, 0.3) is 0 Å². The SMILES string of the molecule is CCN1c2cc3c(cc2C(C)CC1(C)C)C(NN(C)C)=c1cc2c4c(c1C3(C)C)CCC[N+]=4CCC2. The largest absolute Gasteiger partial charge is 0.366 e. The van der Waals surface area contributed by atoms with Crippen molar-refractivity contribution in [3.63, 3.8) is 0 Å². The first-order valence-electron chi connectivity index (χ1n) is 14.3. The van der Waals surface area contributed by atoms with Gasteiger partial charge in [0.15, 0.2) is 0 Å². The number of hydrogen-bond donors (Lipinski definition) is 1. The van der Waals surface area contributed by atoms with Crippen molar-refractivity contribution in [1.29, 1.82) is 0 Å². The molecule has 1 aliphatic carbocycles. The van der Waals surface area contributed by atoms with Crippen molar-refractivity contribution in [1.82, 2.24) is 15.0 Å². The van der Waals surface area contributed by atoms with Gasteiger partial charge in [-0.2, -0.15) is 0 Å². The number of nitrogens with one attached hydrogen (secondary N) is 1. The van der Waals surface area contributed by atoms with Crippen LogP contribution in [0.3, 0.4) is 0 Å². The zero-order valence-corrected chi connectivity index (χ0v) is 23.8. The predicted octanol–water partition coefficient (Wildman–Crippen LogP) is 4.04. The lowest BCUT2D eigenvalue weighted by Crippen LogP contribution is -2.51. The molecule has 3 heterocycles. The Balaban J connectivity index is 1.73. The Kier molecular flexibility index (Phi) is 5.40. The van der Waals surface area contributed by atoms with Gasteiger partial charge < -0.3 is 10.3 Å². The second-order valence-corrected chi connectivity index (χ2v) is 13.1. The van der Waals surface area contributed by atoms with Gasteiger partial charge in [-0.1, -0.05) is 20.8 Å². The molecule has 3 aliphatic heterocycles. The highest BCUT2D eigenvalue weighted by molar-refractivity contribution is 5.78. The molecule has 6 rings (SSSR count). The predicted molar refractivity (Wildman–Crippen MR) is 151 cm³/mol. The van der Waals surface area contributed by atoms with Crippen molar-refractivity contribution >= 4 is 11.4 Å². The summed E-state index contributed by atoms with van der Waals surface area (Å²) in [4.78, 5) is 2.66. The summed E-state index contributed by atoms with van der Waals surface area (Å²) in [6, 6.07) is 7.70. The van der Waals surface area contributed by atoms with Crippen molar-refractivity contribution in [2.75, 3.05) is 38.6 Å². The van der Waals surface area contributed by atoms with Gasteiger partial charge in [-0.25, -0.2) is 9.58 Å². The van der Waals surface area contributed by atoms with E-state index in [2.05, 4.69) is 93.7 Å². The Bertz CT molecular complexity index is 1370. The molecule has 0 saturated carbocycles. The van der Waals surface area contributed by atoms with Crippen LogP contribution in [0.1, 0.15) is 100 Å². The standard InChI is InChI=1S/C32H44N4/c1-9-36-27-18-26-24(17-23(27)20(2)19-31(36,3)4)29(33-34(7)8)25-16-21-12-10-14-35-15-11-13-22(30(21)35)28(25)32(26,5)6/h16-18,20H,9-15,19H2,1-8H3/p+1. The molecule has 1 unspecified atom stereocenters. The molecular weight excluding hydrogens is 440 g/mol. The molecule has 192 valence electrons. The lowest BCUT2D eigenvalue weighted by Gasteiger charge is -2.48. The summed E-state index contributed by atoms with van der Waals surface area (Å²) in [6.07, 6.45) is 6.14. The second-order valence-electron chi connectivity index (χ2n) is 13.1. The third kappa shape index (κ3) is 3.32. The summed E-state index contributed by atoms with van der Waals surface area (Å²) < 4.78 is 2.69. The van der Waals surface area contributed by atoms with Crippen LogP contribution in [0.2, 0.25) is 0 Å². The zero-order chi connectivity index (χ0) is 25.6. The highest BCUT2D eigenvalue weighted by Gasteiger charge is 2.42. The van der Waals surface area contributed by atoms with Crippen LogP contribution in [0, 0.1) is 0 Å². The fraction of sp³-hybridized carbons (Fsp3) is 0.594. The molecule has 0 spiro atoms. The molecule has 1 N–H and O–H groups in total. The van der Waals surface area contributed by atoms with Gasteiger partial charge in [0.2, 0.25) is 5.36 Å². The molecule has 4 heteroatoms. The third-order valence-electron chi connectivity index (χ3n) is 9.54. The van der Waals surface area contributed by atoms with Crippen LogP contribution < -0.4 is 25.5 Å². The van der Waals surface area contributed by atoms with Crippen LogP contribution >= 0.6 is 0 Å². The number of fused-ring (bicyclic) bond motifs is 4. The number of rotatable bonds is 3. The van der Waals surface area contributed by atoms with Gasteiger partial charge in [-0.15, -0.1) is 0 Å². The Labute approximate surface area is 217 Å². The first kappa shape index (κ1) is 24.0. The maximum Gasteiger partial charge on any atom is 0.206 e. The first-order valence-corrected chi connectivity index (χ1v) is 14.3. The maximum atomic E-state index is 3.81. The van der Waals surface area contributed by atoms with Crippen molar-refractivity contribution < 1.29 is 0 Å². The van der Waals surface area contributed by atoms with Crippen molar-refractivity contribution in [3.05, 3.63) is 62.2 Å². The van der Waals surface area contributed by atoms with E-state index in [1.807, 2.05) is 0 Å².